The second-order valence-electron chi connectivity index (χ2n) is 4.00. The Bertz CT molecular complexity index is 554. The highest BCUT2D eigenvalue weighted by Crippen LogP contribution is 2.24. The van der Waals surface area contributed by atoms with Crippen LogP contribution in [0.4, 0.5) is 5.13 Å². The third-order valence-corrected chi connectivity index (χ3v) is 3.54. The fourth-order valence-electron chi connectivity index (χ4n) is 2.02. The minimum Gasteiger partial charge on any atom is -0.375 e. The lowest BCUT2D eigenvalue weighted by Gasteiger charge is -2.13. The van der Waals surface area contributed by atoms with Gasteiger partial charge in [0.15, 0.2) is 5.13 Å². The van der Waals surface area contributed by atoms with E-state index in [0.29, 0.717) is 23.9 Å². The molecular formula is C12H11N3OS. The highest BCUT2D eigenvalue weighted by Gasteiger charge is 2.25. The van der Waals surface area contributed by atoms with Gasteiger partial charge in [-0.3, -0.25) is 4.79 Å². The van der Waals surface area contributed by atoms with E-state index in [-0.39, 0.29) is 5.91 Å². The number of thiazole rings is 1. The first-order valence-corrected chi connectivity index (χ1v) is 6.19. The van der Waals surface area contributed by atoms with Gasteiger partial charge in [-0.05, 0) is 11.1 Å². The fourth-order valence-corrected chi connectivity index (χ4v) is 2.56. The molecule has 0 atom stereocenters. The lowest BCUT2D eigenvalue weighted by molar-refractivity contribution is 0.0746. The van der Waals surface area contributed by atoms with Crippen molar-refractivity contribution in [2.75, 3.05) is 5.73 Å². The van der Waals surface area contributed by atoms with Crippen LogP contribution in [0.2, 0.25) is 0 Å². The van der Waals surface area contributed by atoms with Gasteiger partial charge in [-0.15, -0.1) is 11.3 Å². The number of nitrogen functional groups attached to an aromatic ring is 1. The van der Waals surface area contributed by atoms with Gasteiger partial charge in [0, 0.05) is 18.5 Å². The van der Waals surface area contributed by atoms with Crippen LogP contribution in [0.1, 0.15) is 21.6 Å². The van der Waals surface area contributed by atoms with E-state index >= 15 is 0 Å². The number of nitrogens with two attached hydrogens (primary N) is 1. The highest BCUT2D eigenvalue weighted by atomic mass is 32.1. The van der Waals surface area contributed by atoms with Crippen molar-refractivity contribution in [1.82, 2.24) is 9.88 Å². The van der Waals surface area contributed by atoms with E-state index < -0.39 is 0 Å². The zero-order valence-electron chi connectivity index (χ0n) is 9.09. The number of rotatable bonds is 1. The Kier molecular flexibility index (Phi) is 2.33. The van der Waals surface area contributed by atoms with Gasteiger partial charge in [0.2, 0.25) is 0 Å². The normalized spacial score (nSPS) is 13.8. The Morgan fingerprint density at radius 3 is 2.47 bits per heavy atom. The van der Waals surface area contributed by atoms with Crippen LogP contribution in [-0.4, -0.2) is 15.8 Å². The largest absolute Gasteiger partial charge is 0.375 e. The molecule has 1 aromatic carbocycles. The maximum absolute atomic E-state index is 12.1. The summed E-state index contributed by atoms with van der Waals surface area (Å²) in [6.45, 7) is 1.32. The van der Waals surface area contributed by atoms with Gasteiger partial charge in [-0.25, -0.2) is 4.98 Å². The van der Waals surface area contributed by atoms with E-state index in [1.807, 2.05) is 12.1 Å². The molecule has 5 heteroatoms. The summed E-state index contributed by atoms with van der Waals surface area (Å²) in [4.78, 5) is 18.0. The summed E-state index contributed by atoms with van der Waals surface area (Å²) >= 11 is 1.29. The average Bonchev–Trinajstić information content (AvgIpc) is 2.93. The van der Waals surface area contributed by atoms with E-state index in [1.54, 1.807) is 10.3 Å². The Morgan fingerprint density at radius 1 is 1.29 bits per heavy atom. The van der Waals surface area contributed by atoms with Crippen molar-refractivity contribution in [3.8, 4) is 0 Å². The lowest BCUT2D eigenvalue weighted by atomic mass is 10.1. The molecule has 2 aromatic rings. The zero-order valence-corrected chi connectivity index (χ0v) is 9.91. The molecule has 0 radical (unpaired) electrons. The molecule has 86 valence electrons. The third-order valence-electron chi connectivity index (χ3n) is 2.87. The molecule has 1 aliphatic heterocycles. The summed E-state index contributed by atoms with van der Waals surface area (Å²) < 4.78 is 0. The molecule has 0 spiro atoms. The highest BCUT2D eigenvalue weighted by molar-refractivity contribution is 7.13. The summed E-state index contributed by atoms with van der Waals surface area (Å²) in [5, 5.41) is 2.14. The second-order valence-corrected chi connectivity index (χ2v) is 4.89. The van der Waals surface area contributed by atoms with Gasteiger partial charge < -0.3 is 10.6 Å². The summed E-state index contributed by atoms with van der Waals surface area (Å²) in [7, 11) is 0. The third kappa shape index (κ3) is 1.78. The van der Waals surface area contributed by atoms with Gasteiger partial charge in [0.05, 0.1) is 0 Å². The minimum absolute atomic E-state index is 0.0471. The average molecular weight is 245 g/mol. The van der Waals surface area contributed by atoms with Crippen LogP contribution in [0.15, 0.2) is 29.6 Å². The minimum atomic E-state index is -0.0471. The second kappa shape index (κ2) is 3.85. The van der Waals surface area contributed by atoms with Crippen molar-refractivity contribution >= 4 is 22.4 Å². The Hall–Kier alpha value is -1.88. The Balaban J connectivity index is 1.83. The van der Waals surface area contributed by atoms with Crippen LogP contribution in [0.25, 0.3) is 0 Å². The number of aromatic nitrogens is 1. The summed E-state index contributed by atoms with van der Waals surface area (Å²) in [6.07, 6.45) is 0. The van der Waals surface area contributed by atoms with Gasteiger partial charge in [-0.1, -0.05) is 24.3 Å². The SMILES string of the molecule is Nc1nc(C(=O)N2Cc3ccccc3C2)cs1. The van der Waals surface area contributed by atoms with Gasteiger partial charge in [0.25, 0.3) is 5.91 Å². The topological polar surface area (TPSA) is 59.2 Å². The van der Waals surface area contributed by atoms with Crippen molar-refractivity contribution in [3.63, 3.8) is 0 Å². The lowest BCUT2D eigenvalue weighted by Crippen LogP contribution is -2.25. The number of hydrogen-bond donors (Lipinski definition) is 1. The summed E-state index contributed by atoms with van der Waals surface area (Å²) in [5.41, 5.74) is 8.40. The smallest absolute Gasteiger partial charge is 0.274 e. The van der Waals surface area contributed by atoms with Crippen LogP contribution in [0.5, 0.6) is 0 Å². The number of carbonyl (C=O) groups excluding carboxylic acids is 1. The molecule has 1 aromatic heterocycles. The van der Waals surface area contributed by atoms with E-state index in [1.165, 1.54) is 22.5 Å². The zero-order chi connectivity index (χ0) is 11.8. The van der Waals surface area contributed by atoms with Crippen LogP contribution in [0, 0.1) is 0 Å². The molecule has 4 nitrogen and oxygen atoms in total. The standard InChI is InChI=1S/C12H11N3OS/c13-12-14-10(7-17-12)11(16)15-5-8-3-1-2-4-9(8)6-15/h1-4,7H,5-6H2,(H2,13,14). The molecule has 0 fully saturated rings. The summed E-state index contributed by atoms with van der Waals surface area (Å²) in [5.74, 6) is -0.0471. The van der Waals surface area contributed by atoms with E-state index in [2.05, 4.69) is 17.1 Å². The van der Waals surface area contributed by atoms with Crippen LogP contribution >= 0.6 is 11.3 Å². The first-order chi connectivity index (χ1) is 8.24. The van der Waals surface area contributed by atoms with Crippen molar-refractivity contribution in [1.29, 1.82) is 0 Å². The number of hydrogen-bond acceptors (Lipinski definition) is 4. The van der Waals surface area contributed by atoms with Crippen molar-refractivity contribution in [2.24, 2.45) is 0 Å². The molecular weight excluding hydrogens is 234 g/mol. The number of fused-ring (bicyclic) bond motifs is 1. The van der Waals surface area contributed by atoms with Crippen molar-refractivity contribution in [3.05, 3.63) is 46.5 Å². The number of anilines is 1. The van der Waals surface area contributed by atoms with Crippen LogP contribution < -0.4 is 5.73 Å². The summed E-state index contributed by atoms with van der Waals surface area (Å²) in [6, 6.07) is 8.09. The molecule has 0 saturated heterocycles. The predicted octanol–water partition coefficient (Wildman–Crippen LogP) is 1.88. The molecule has 0 aliphatic carbocycles. The number of benzene rings is 1. The number of carbonyl (C=O) groups is 1. The molecule has 2 N–H and O–H groups in total. The van der Waals surface area contributed by atoms with Crippen molar-refractivity contribution < 1.29 is 4.79 Å². The van der Waals surface area contributed by atoms with E-state index in [4.69, 9.17) is 5.73 Å². The molecule has 3 rings (SSSR count). The first kappa shape index (κ1) is 10.3. The van der Waals surface area contributed by atoms with Gasteiger partial charge >= 0.3 is 0 Å². The van der Waals surface area contributed by atoms with Crippen molar-refractivity contribution in [2.45, 2.75) is 13.1 Å². The quantitative estimate of drug-likeness (QED) is 0.834. The Labute approximate surface area is 103 Å². The monoisotopic (exact) mass is 245 g/mol. The van der Waals surface area contributed by atoms with E-state index in [0.717, 1.165) is 0 Å². The van der Waals surface area contributed by atoms with E-state index in [9.17, 15) is 4.79 Å². The molecule has 2 heterocycles. The maximum atomic E-state index is 12.1. The van der Waals surface area contributed by atoms with Crippen LogP contribution in [-0.2, 0) is 13.1 Å². The van der Waals surface area contributed by atoms with Crippen LogP contribution in [0.3, 0.4) is 0 Å². The molecule has 0 unspecified atom stereocenters. The number of nitrogens with zero attached hydrogens (tertiary/aromatic N) is 2. The maximum Gasteiger partial charge on any atom is 0.274 e. The molecule has 0 saturated carbocycles. The molecule has 1 amide bonds. The Morgan fingerprint density at radius 2 is 1.94 bits per heavy atom. The van der Waals surface area contributed by atoms with Gasteiger partial charge in [0.1, 0.15) is 5.69 Å². The molecule has 1 aliphatic rings. The molecule has 0 bridgehead atoms. The van der Waals surface area contributed by atoms with Gasteiger partial charge in [-0.2, -0.15) is 0 Å². The predicted molar refractivity (Wildman–Crippen MR) is 66.5 cm³/mol. The molecule has 17 heavy (non-hydrogen) atoms. The first-order valence-electron chi connectivity index (χ1n) is 5.31. The fraction of sp³-hybridized carbons (Fsp3) is 0.167. The number of amides is 1.